The molecule has 0 saturated heterocycles. The maximum atomic E-state index is 13.7. The van der Waals surface area contributed by atoms with Crippen molar-refractivity contribution >= 4 is 33.2 Å². The van der Waals surface area contributed by atoms with Gasteiger partial charge in [0.2, 0.25) is 5.91 Å². The summed E-state index contributed by atoms with van der Waals surface area (Å²) in [5, 5.41) is 2.99. The van der Waals surface area contributed by atoms with Gasteiger partial charge in [0.15, 0.2) is 0 Å². The number of carbonyl (C=O) groups excluding carboxylic acids is 2. The smallest absolute Gasteiger partial charge is 0.262 e. The Labute approximate surface area is 135 Å². The van der Waals surface area contributed by atoms with Gasteiger partial charge in [0, 0.05) is 10.1 Å². The number of amides is 2. The number of thiophene rings is 1. The average Bonchev–Trinajstić information content (AvgIpc) is 2.99. The van der Waals surface area contributed by atoms with Crippen LogP contribution in [0.4, 0.5) is 4.39 Å². The first-order valence-electron chi connectivity index (χ1n) is 6.89. The number of carbonyl (C=O) groups is 2. The van der Waals surface area contributed by atoms with Gasteiger partial charge in [-0.15, -0.1) is 11.3 Å². The highest BCUT2D eigenvalue weighted by Gasteiger charge is 2.22. The first kappa shape index (κ1) is 15.2. The highest BCUT2D eigenvalue weighted by Crippen LogP contribution is 2.28. The van der Waals surface area contributed by atoms with Crippen LogP contribution in [-0.2, 0) is 4.79 Å². The minimum absolute atomic E-state index is 0.326. The standard InChI is InChI=1S/C17H13FN2O2S/c18-12-7-4-8-13-11(12)9-14(23-13)17(22)20-15(16(19)21)10-5-2-1-3-6-10/h1-9,15H,(H2,19,21)(H,20,22)/t15-/m0/s1. The second kappa shape index (κ2) is 6.18. The molecule has 1 atom stereocenters. The third kappa shape index (κ3) is 3.07. The normalized spacial score (nSPS) is 12.0. The fraction of sp³-hybridized carbons (Fsp3) is 0.0588. The average molecular weight is 328 g/mol. The molecule has 0 aliphatic carbocycles. The van der Waals surface area contributed by atoms with Crippen molar-refractivity contribution in [1.82, 2.24) is 5.32 Å². The maximum Gasteiger partial charge on any atom is 0.262 e. The number of fused-ring (bicyclic) bond motifs is 1. The number of primary amides is 1. The van der Waals surface area contributed by atoms with Gasteiger partial charge in [-0.1, -0.05) is 36.4 Å². The largest absolute Gasteiger partial charge is 0.368 e. The van der Waals surface area contributed by atoms with Gasteiger partial charge < -0.3 is 11.1 Å². The lowest BCUT2D eigenvalue weighted by Gasteiger charge is -2.15. The molecule has 2 aromatic carbocycles. The van der Waals surface area contributed by atoms with Crippen molar-refractivity contribution in [3.05, 3.63) is 70.9 Å². The van der Waals surface area contributed by atoms with Gasteiger partial charge in [-0.2, -0.15) is 0 Å². The SMILES string of the molecule is NC(=O)[C@@H](NC(=O)c1cc2c(F)cccc2s1)c1ccccc1. The Balaban J connectivity index is 1.89. The second-order valence-corrected chi connectivity index (χ2v) is 6.07. The Bertz CT molecular complexity index is 877. The lowest BCUT2D eigenvalue weighted by atomic mass is 10.1. The number of benzene rings is 2. The van der Waals surface area contributed by atoms with E-state index in [1.54, 1.807) is 42.5 Å². The molecule has 2 amide bonds. The van der Waals surface area contributed by atoms with Crippen LogP contribution in [0.1, 0.15) is 21.3 Å². The van der Waals surface area contributed by atoms with Crippen molar-refractivity contribution in [2.75, 3.05) is 0 Å². The second-order valence-electron chi connectivity index (χ2n) is 4.98. The Morgan fingerprint density at radius 1 is 1.09 bits per heavy atom. The van der Waals surface area contributed by atoms with E-state index in [4.69, 9.17) is 5.73 Å². The van der Waals surface area contributed by atoms with E-state index in [1.165, 1.54) is 12.1 Å². The molecule has 6 heteroatoms. The van der Waals surface area contributed by atoms with E-state index in [-0.39, 0.29) is 5.82 Å². The van der Waals surface area contributed by atoms with Gasteiger partial charge >= 0.3 is 0 Å². The molecule has 0 unspecified atom stereocenters. The molecule has 3 aromatic rings. The van der Waals surface area contributed by atoms with E-state index >= 15 is 0 Å². The number of nitrogens with two attached hydrogens (primary N) is 1. The van der Waals surface area contributed by atoms with Crippen LogP contribution in [0.25, 0.3) is 10.1 Å². The van der Waals surface area contributed by atoms with E-state index in [1.807, 2.05) is 0 Å². The third-order valence-electron chi connectivity index (χ3n) is 3.42. The van der Waals surface area contributed by atoms with Crippen molar-refractivity contribution < 1.29 is 14.0 Å². The van der Waals surface area contributed by atoms with E-state index in [0.717, 1.165) is 11.3 Å². The quantitative estimate of drug-likeness (QED) is 0.773. The summed E-state index contributed by atoms with van der Waals surface area (Å²) >= 11 is 1.16. The zero-order valence-corrected chi connectivity index (χ0v) is 12.8. The fourth-order valence-corrected chi connectivity index (χ4v) is 3.28. The van der Waals surface area contributed by atoms with Gasteiger partial charge in [0.25, 0.3) is 5.91 Å². The Morgan fingerprint density at radius 2 is 1.83 bits per heavy atom. The summed E-state index contributed by atoms with van der Waals surface area (Å²) in [7, 11) is 0. The van der Waals surface area contributed by atoms with Gasteiger partial charge in [-0.25, -0.2) is 4.39 Å². The predicted octanol–water partition coefficient (Wildman–Crippen LogP) is 3.00. The minimum atomic E-state index is -0.932. The molecular formula is C17H13FN2O2S. The highest BCUT2D eigenvalue weighted by atomic mass is 32.1. The molecule has 0 aliphatic heterocycles. The van der Waals surface area contributed by atoms with Crippen LogP contribution in [0.5, 0.6) is 0 Å². The van der Waals surface area contributed by atoms with Crippen LogP contribution in [-0.4, -0.2) is 11.8 Å². The zero-order chi connectivity index (χ0) is 16.4. The summed E-state index contributed by atoms with van der Waals surface area (Å²) < 4.78 is 14.4. The lowest BCUT2D eigenvalue weighted by Crippen LogP contribution is -2.37. The molecule has 3 rings (SSSR count). The van der Waals surface area contributed by atoms with Crippen LogP contribution in [0.15, 0.2) is 54.6 Å². The monoisotopic (exact) mass is 328 g/mol. The molecule has 3 N–H and O–H groups in total. The summed E-state index contributed by atoms with van der Waals surface area (Å²) in [5.41, 5.74) is 5.98. The van der Waals surface area contributed by atoms with E-state index in [0.29, 0.717) is 20.5 Å². The van der Waals surface area contributed by atoms with Crippen LogP contribution in [0.2, 0.25) is 0 Å². The number of halogens is 1. The van der Waals surface area contributed by atoms with Crippen LogP contribution in [0.3, 0.4) is 0 Å². The molecule has 0 spiro atoms. The zero-order valence-electron chi connectivity index (χ0n) is 12.0. The summed E-state index contributed by atoms with van der Waals surface area (Å²) in [6, 6.07) is 13.9. The first-order chi connectivity index (χ1) is 11.1. The third-order valence-corrected chi connectivity index (χ3v) is 4.52. The molecule has 0 aliphatic rings. The number of hydrogen-bond donors (Lipinski definition) is 2. The number of nitrogens with one attached hydrogen (secondary N) is 1. The summed E-state index contributed by atoms with van der Waals surface area (Å²) in [6.07, 6.45) is 0. The van der Waals surface area contributed by atoms with Gasteiger partial charge in [0.05, 0.1) is 4.88 Å². The molecule has 0 radical (unpaired) electrons. The minimum Gasteiger partial charge on any atom is -0.368 e. The Hall–Kier alpha value is -2.73. The molecule has 4 nitrogen and oxygen atoms in total. The van der Waals surface area contributed by atoms with Gasteiger partial charge in [-0.3, -0.25) is 9.59 Å². The van der Waals surface area contributed by atoms with Crippen LogP contribution >= 0.6 is 11.3 Å². The van der Waals surface area contributed by atoms with Gasteiger partial charge in [0.1, 0.15) is 11.9 Å². The van der Waals surface area contributed by atoms with Crippen molar-refractivity contribution in [3.8, 4) is 0 Å². The summed E-state index contributed by atoms with van der Waals surface area (Å²) in [4.78, 5) is 24.4. The Morgan fingerprint density at radius 3 is 2.48 bits per heavy atom. The molecule has 23 heavy (non-hydrogen) atoms. The van der Waals surface area contributed by atoms with E-state index < -0.39 is 17.9 Å². The molecule has 0 saturated carbocycles. The lowest BCUT2D eigenvalue weighted by molar-refractivity contribution is -0.120. The molecule has 1 aromatic heterocycles. The van der Waals surface area contributed by atoms with Gasteiger partial charge in [-0.05, 0) is 23.8 Å². The van der Waals surface area contributed by atoms with Crippen molar-refractivity contribution in [1.29, 1.82) is 0 Å². The van der Waals surface area contributed by atoms with E-state index in [2.05, 4.69) is 5.32 Å². The fourth-order valence-electron chi connectivity index (χ4n) is 2.30. The molecule has 0 bridgehead atoms. The molecular weight excluding hydrogens is 315 g/mol. The first-order valence-corrected chi connectivity index (χ1v) is 7.71. The van der Waals surface area contributed by atoms with Crippen molar-refractivity contribution in [3.63, 3.8) is 0 Å². The van der Waals surface area contributed by atoms with Crippen LogP contribution < -0.4 is 11.1 Å². The molecule has 116 valence electrons. The molecule has 0 fully saturated rings. The van der Waals surface area contributed by atoms with Crippen molar-refractivity contribution in [2.24, 2.45) is 5.73 Å². The number of rotatable bonds is 4. The number of hydrogen-bond acceptors (Lipinski definition) is 3. The summed E-state index contributed by atoms with van der Waals surface area (Å²) in [6.45, 7) is 0. The molecule has 1 heterocycles. The van der Waals surface area contributed by atoms with Crippen molar-refractivity contribution in [2.45, 2.75) is 6.04 Å². The highest BCUT2D eigenvalue weighted by molar-refractivity contribution is 7.20. The topological polar surface area (TPSA) is 72.2 Å². The Kier molecular flexibility index (Phi) is 4.08. The summed E-state index contributed by atoms with van der Waals surface area (Å²) in [5.74, 6) is -1.50. The predicted molar refractivity (Wildman–Crippen MR) is 87.6 cm³/mol. The maximum absolute atomic E-state index is 13.7. The van der Waals surface area contributed by atoms with E-state index in [9.17, 15) is 14.0 Å². The van der Waals surface area contributed by atoms with Crippen LogP contribution in [0, 0.1) is 5.82 Å².